The fourth-order valence-electron chi connectivity index (χ4n) is 3.66. The number of hydrogen-bond donors (Lipinski definition) is 0. The van der Waals surface area contributed by atoms with Gasteiger partial charge in [0.2, 0.25) is 0 Å². The van der Waals surface area contributed by atoms with Crippen molar-refractivity contribution in [1.29, 1.82) is 0 Å². The highest BCUT2D eigenvalue weighted by atomic mass is 19.2. The minimum Gasteiger partial charge on any atom is -0.353 e. The van der Waals surface area contributed by atoms with E-state index in [4.69, 9.17) is 0 Å². The standard InChI is InChI=1S/C19H20F2N6/c1-25-4-6-26(7-5-25)18-8-12(11-22-24-18)19-23-16-9-14(20)15(21)10-17(16)27(19)13-2-3-13/h8-11,13H,2-7H2,1H3. The van der Waals surface area contributed by atoms with Gasteiger partial charge in [-0.05, 0) is 26.0 Å². The summed E-state index contributed by atoms with van der Waals surface area (Å²) in [5, 5.41) is 8.46. The minimum absolute atomic E-state index is 0.273. The van der Waals surface area contributed by atoms with E-state index in [1.807, 2.05) is 10.6 Å². The molecule has 8 heteroatoms. The van der Waals surface area contributed by atoms with Crippen molar-refractivity contribution in [2.45, 2.75) is 18.9 Å². The molecule has 0 radical (unpaired) electrons. The van der Waals surface area contributed by atoms with Gasteiger partial charge in [0.25, 0.3) is 0 Å². The number of benzene rings is 1. The summed E-state index contributed by atoms with van der Waals surface area (Å²) in [6.07, 6.45) is 3.70. The molecule has 1 aliphatic carbocycles. The molecule has 1 aliphatic heterocycles. The maximum Gasteiger partial charge on any atom is 0.161 e. The van der Waals surface area contributed by atoms with Crippen LogP contribution >= 0.6 is 0 Å². The number of fused-ring (bicyclic) bond motifs is 1. The van der Waals surface area contributed by atoms with Gasteiger partial charge in [0, 0.05) is 49.9 Å². The highest BCUT2D eigenvalue weighted by Gasteiger charge is 2.30. The number of hydrogen-bond acceptors (Lipinski definition) is 5. The molecule has 1 saturated carbocycles. The predicted molar refractivity (Wildman–Crippen MR) is 98.7 cm³/mol. The zero-order chi connectivity index (χ0) is 18.5. The Morgan fingerprint density at radius 2 is 1.74 bits per heavy atom. The molecule has 6 nitrogen and oxygen atoms in total. The van der Waals surface area contributed by atoms with E-state index in [0.29, 0.717) is 16.9 Å². The summed E-state index contributed by atoms with van der Waals surface area (Å²) in [5.41, 5.74) is 1.92. The van der Waals surface area contributed by atoms with E-state index < -0.39 is 11.6 Å². The molecule has 3 heterocycles. The number of anilines is 1. The molecule has 2 aliphatic rings. The maximum atomic E-state index is 13.8. The van der Waals surface area contributed by atoms with Crippen LogP contribution in [-0.2, 0) is 0 Å². The highest BCUT2D eigenvalue weighted by molar-refractivity contribution is 5.81. The quantitative estimate of drug-likeness (QED) is 0.710. The Morgan fingerprint density at radius 3 is 2.48 bits per heavy atom. The molecule has 0 amide bonds. The molecule has 0 N–H and O–H groups in total. The molecule has 1 saturated heterocycles. The first kappa shape index (κ1) is 16.6. The first-order chi connectivity index (χ1) is 13.1. The van der Waals surface area contributed by atoms with E-state index in [2.05, 4.69) is 32.0 Å². The van der Waals surface area contributed by atoms with Crippen LogP contribution in [0.1, 0.15) is 18.9 Å². The third kappa shape index (κ3) is 2.93. The summed E-state index contributed by atoms with van der Waals surface area (Å²) in [5.74, 6) is -0.211. The van der Waals surface area contributed by atoms with Gasteiger partial charge in [-0.25, -0.2) is 13.8 Å². The average molecular weight is 370 g/mol. The van der Waals surface area contributed by atoms with Crippen LogP contribution in [0.15, 0.2) is 24.4 Å². The monoisotopic (exact) mass is 370 g/mol. The molecule has 2 fully saturated rings. The fourth-order valence-corrected chi connectivity index (χ4v) is 3.66. The molecule has 0 atom stereocenters. The summed E-state index contributed by atoms with van der Waals surface area (Å²) >= 11 is 0. The van der Waals surface area contributed by atoms with Crippen molar-refractivity contribution < 1.29 is 8.78 Å². The summed E-state index contributed by atoms with van der Waals surface area (Å²) in [6.45, 7) is 3.74. The van der Waals surface area contributed by atoms with Gasteiger partial charge in [-0.15, -0.1) is 5.10 Å². The number of aromatic nitrogens is 4. The highest BCUT2D eigenvalue weighted by Crippen LogP contribution is 2.41. The third-order valence-corrected chi connectivity index (χ3v) is 5.37. The minimum atomic E-state index is -0.875. The lowest BCUT2D eigenvalue weighted by molar-refractivity contribution is 0.312. The smallest absolute Gasteiger partial charge is 0.161 e. The Labute approximate surface area is 155 Å². The number of likely N-dealkylation sites (N-methyl/N-ethyl adjacent to an activating group) is 1. The molecule has 0 unspecified atom stereocenters. The molecule has 2 aromatic heterocycles. The Morgan fingerprint density at radius 1 is 1.00 bits per heavy atom. The summed E-state index contributed by atoms with van der Waals surface area (Å²) < 4.78 is 29.5. The van der Waals surface area contributed by atoms with Crippen molar-refractivity contribution in [3.63, 3.8) is 0 Å². The zero-order valence-electron chi connectivity index (χ0n) is 15.1. The molecule has 140 valence electrons. The molecular formula is C19H20F2N6. The molecule has 0 bridgehead atoms. The lowest BCUT2D eigenvalue weighted by Crippen LogP contribution is -2.44. The second-order valence-electron chi connectivity index (χ2n) is 7.38. The normalized spacial score (nSPS) is 18.4. The van der Waals surface area contributed by atoms with E-state index in [0.717, 1.165) is 50.4 Å². The second-order valence-corrected chi connectivity index (χ2v) is 7.38. The van der Waals surface area contributed by atoms with Gasteiger partial charge in [-0.3, -0.25) is 0 Å². The SMILES string of the molecule is CN1CCN(c2cc(-c3nc4cc(F)c(F)cc4n3C3CC3)cnn2)CC1. The van der Waals surface area contributed by atoms with Crippen LogP contribution in [0.3, 0.4) is 0 Å². The molecule has 3 aromatic rings. The topological polar surface area (TPSA) is 50.1 Å². The van der Waals surface area contributed by atoms with Crippen LogP contribution in [0.5, 0.6) is 0 Å². The second kappa shape index (κ2) is 6.23. The van der Waals surface area contributed by atoms with Crippen molar-refractivity contribution in [2.24, 2.45) is 0 Å². The van der Waals surface area contributed by atoms with Crippen LogP contribution in [-0.4, -0.2) is 57.9 Å². The zero-order valence-corrected chi connectivity index (χ0v) is 15.1. The van der Waals surface area contributed by atoms with Gasteiger partial charge < -0.3 is 14.4 Å². The summed E-state index contributed by atoms with van der Waals surface area (Å²) in [6, 6.07) is 4.67. The van der Waals surface area contributed by atoms with Crippen molar-refractivity contribution in [3.05, 3.63) is 36.0 Å². The van der Waals surface area contributed by atoms with Crippen LogP contribution in [0.2, 0.25) is 0 Å². The van der Waals surface area contributed by atoms with Crippen molar-refractivity contribution in [2.75, 3.05) is 38.1 Å². The molecule has 5 rings (SSSR count). The van der Waals surface area contributed by atoms with Crippen molar-refractivity contribution in [1.82, 2.24) is 24.6 Å². The van der Waals surface area contributed by atoms with E-state index in [9.17, 15) is 8.78 Å². The van der Waals surface area contributed by atoms with E-state index >= 15 is 0 Å². The van der Waals surface area contributed by atoms with Gasteiger partial charge in [0.05, 0.1) is 17.2 Å². The van der Waals surface area contributed by atoms with E-state index in [-0.39, 0.29) is 6.04 Å². The van der Waals surface area contributed by atoms with Gasteiger partial charge in [-0.1, -0.05) is 0 Å². The Kier molecular flexibility index (Phi) is 3.82. The number of halogens is 2. The number of piperazine rings is 1. The predicted octanol–water partition coefficient (Wildman–Crippen LogP) is 2.86. The van der Waals surface area contributed by atoms with E-state index in [1.54, 1.807) is 6.20 Å². The Bertz CT molecular complexity index is 1000. The van der Waals surface area contributed by atoms with Gasteiger partial charge in [-0.2, -0.15) is 5.10 Å². The van der Waals surface area contributed by atoms with Crippen LogP contribution in [0, 0.1) is 11.6 Å². The number of imidazole rings is 1. The lowest BCUT2D eigenvalue weighted by Gasteiger charge is -2.32. The first-order valence-corrected chi connectivity index (χ1v) is 9.24. The third-order valence-electron chi connectivity index (χ3n) is 5.37. The molecule has 0 spiro atoms. The number of rotatable bonds is 3. The van der Waals surface area contributed by atoms with Crippen LogP contribution in [0.4, 0.5) is 14.6 Å². The largest absolute Gasteiger partial charge is 0.353 e. The first-order valence-electron chi connectivity index (χ1n) is 9.24. The Hall–Kier alpha value is -2.61. The fraction of sp³-hybridized carbons (Fsp3) is 0.421. The van der Waals surface area contributed by atoms with Gasteiger partial charge >= 0.3 is 0 Å². The van der Waals surface area contributed by atoms with Crippen molar-refractivity contribution >= 4 is 16.9 Å². The lowest BCUT2D eigenvalue weighted by atomic mass is 10.2. The van der Waals surface area contributed by atoms with Crippen LogP contribution < -0.4 is 4.90 Å². The molecule has 27 heavy (non-hydrogen) atoms. The van der Waals surface area contributed by atoms with Gasteiger partial charge in [0.1, 0.15) is 5.82 Å². The van der Waals surface area contributed by atoms with Crippen molar-refractivity contribution in [3.8, 4) is 11.4 Å². The summed E-state index contributed by atoms with van der Waals surface area (Å²) in [4.78, 5) is 9.10. The van der Waals surface area contributed by atoms with E-state index in [1.165, 1.54) is 12.1 Å². The maximum absolute atomic E-state index is 13.8. The molecular weight excluding hydrogens is 350 g/mol. The Balaban J connectivity index is 1.59. The van der Waals surface area contributed by atoms with Crippen LogP contribution in [0.25, 0.3) is 22.4 Å². The van der Waals surface area contributed by atoms with Gasteiger partial charge in [0.15, 0.2) is 17.5 Å². The molecule has 1 aromatic carbocycles. The number of nitrogens with zero attached hydrogens (tertiary/aromatic N) is 6. The summed E-state index contributed by atoms with van der Waals surface area (Å²) in [7, 11) is 2.11. The average Bonchev–Trinajstić information content (AvgIpc) is 3.45.